The van der Waals surface area contributed by atoms with Crippen LogP contribution in [0, 0.1) is 0 Å². The van der Waals surface area contributed by atoms with Crippen molar-refractivity contribution < 1.29 is 5.11 Å². The molecule has 1 aliphatic carbocycles. The van der Waals surface area contributed by atoms with Crippen LogP contribution in [-0.2, 0) is 5.41 Å². The van der Waals surface area contributed by atoms with Gasteiger partial charge in [-0.1, -0.05) is 38.1 Å². The van der Waals surface area contributed by atoms with Gasteiger partial charge in [-0.25, -0.2) is 0 Å². The molecular weight excluding hydrogens is 222 g/mol. The van der Waals surface area contributed by atoms with E-state index in [0.29, 0.717) is 6.04 Å². The standard InChI is InChI=1S/C16H25NO/c1-15(2)10-9-14(17-16(3,4)11-18)12-7-5-6-8-13(12)15/h5-8,14,17-18H,9-11H2,1-4H3. The predicted octanol–water partition coefficient (Wildman–Crippen LogP) is 3.16. The lowest BCUT2D eigenvalue weighted by molar-refractivity contribution is 0.167. The minimum Gasteiger partial charge on any atom is -0.394 e. The lowest BCUT2D eigenvalue weighted by Gasteiger charge is -2.40. The predicted molar refractivity (Wildman–Crippen MR) is 75.7 cm³/mol. The molecule has 0 amide bonds. The zero-order valence-electron chi connectivity index (χ0n) is 12.0. The van der Waals surface area contributed by atoms with Crippen LogP contribution in [0.5, 0.6) is 0 Å². The van der Waals surface area contributed by atoms with Gasteiger partial charge in [0.1, 0.15) is 0 Å². The van der Waals surface area contributed by atoms with Crippen LogP contribution in [0.25, 0.3) is 0 Å². The van der Waals surface area contributed by atoms with Crippen molar-refractivity contribution in [3.8, 4) is 0 Å². The summed E-state index contributed by atoms with van der Waals surface area (Å²) in [6.07, 6.45) is 2.32. The third-order valence-corrected chi connectivity index (χ3v) is 4.08. The Labute approximate surface area is 110 Å². The molecule has 2 N–H and O–H groups in total. The maximum Gasteiger partial charge on any atom is 0.0608 e. The first-order chi connectivity index (χ1) is 8.36. The summed E-state index contributed by atoms with van der Waals surface area (Å²) in [5.41, 5.74) is 2.88. The minimum absolute atomic E-state index is 0.162. The van der Waals surface area contributed by atoms with E-state index >= 15 is 0 Å². The third-order valence-electron chi connectivity index (χ3n) is 4.08. The number of hydrogen-bond acceptors (Lipinski definition) is 2. The van der Waals surface area contributed by atoms with Crippen LogP contribution in [0.4, 0.5) is 0 Å². The SMILES string of the molecule is CC(C)(CO)NC1CCC(C)(C)c2ccccc21. The molecule has 18 heavy (non-hydrogen) atoms. The summed E-state index contributed by atoms with van der Waals surface area (Å²) in [4.78, 5) is 0. The Morgan fingerprint density at radius 3 is 2.67 bits per heavy atom. The molecule has 2 nitrogen and oxygen atoms in total. The van der Waals surface area contributed by atoms with E-state index in [9.17, 15) is 5.11 Å². The van der Waals surface area contributed by atoms with Gasteiger partial charge in [-0.3, -0.25) is 0 Å². The van der Waals surface area contributed by atoms with Gasteiger partial charge in [-0.2, -0.15) is 0 Å². The number of aliphatic hydroxyl groups excluding tert-OH is 1. The molecular formula is C16H25NO. The van der Waals surface area contributed by atoms with E-state index in [1.807, 2.05) is 0 Å². The normalized spacial score (nSPS) is 22.6. The largest absolute Gasteiger partial charge is 0.394 e. The van der Waals surface area contributed by atoms with Crippen molar-refractivity contribution in [2.24, 2.45) is 0 Å². The van der Waals surface area contributed by atoms with E-state index in [0.717, 1.165) is 6.42 Å². The average Bonchev–Trinajstić information content (AvgIpc) is 2.33. The Morgan fingerprint density at radius 1 is 1.33 bits per heavy atom. The Kier molecular flexibility index (Phi) is 3.52. The molecule has 2 heteroatoms. The van der Waals surface area contributed by atoms with Gasteiger partial charge in [-0.05, 0) is 43.2 Å². The Morgan fingerprint density at radius 2 is 2.00 bits per heavy atom. The monoisotopic (exact) mass is 247 g/mol. The van der Waals surface area contributed by atoms with E-state index in [4.69, 9.17) is 0 Å². The molecule has 0 spiro atoms. The molecule has 100 valence electrons. The zero-order chi connectivity index (χ0) is 13.4. The highest BCUT2D eigenvalue weighted by atomic mass is 16.3. The Hall–Kier alpha value is -0.860. The van der Waals surface area contributed by atoms with Crippen molar-refractivity contribution in [1.29, 1.82) is 0 Å². The second-order valence-corrected chi connectivity index (χ2v) is 6.75. The number of hydrogen-bond donors (Lipinski definition) is 2. The number of aliphatic hydroxyl groups is 1. The van der Waals surface area contributed by atoms with Crippen molar-refractivity contribution in [2.45, 2.75) is 57.5 Å². The molecule has 0 aromatic heterocycles. The van der Waals surface area contributed by atoms with Crippen molar-refractivity contribution in [2.75, 3.05) is 6.61 Å². The Balaban J connectivity index is 2.31. The fourth-order valence-electron chi connectivity index (χ4n) is 2.88. The molecule has 0 radical (unpaired) electrons. The van der Waals surface area contributed by atoms with Gasteiger partial charge in [0, 0.05) is 11.6 Å². The van der Waals surface area contributed by atoms with Crippen molar-refractivity contribution in [3.05, 3.63) is 35.4 Å². The lowest BCUT2D eigenvalue weighted by Crippen LogP contribution is -2.46. The number of nitrogens with one attached hydrogen (secondary N) is 1. The van der Waals surface area contributed by atoms with Gasteiger partial charge >= 0.3 is 0 Å². The second kappa shape index (κ2) is 4.67. The fourth-order valence-corrected chi connectivity index (χ4v) is 2.88. The van der Waals surface area contributed by atoms with Gasteiger partial charge in [0.25, 0.3) is 0 Å². The first-order valence-corrected chi connectivity index (χ1v) is 6.84. The highest BCUT2D eigenvalue weighted by Crippen LogP contribution is 2.41. The highest BCUT2D eigenvalue weighted by molar-refractivity contribution is 5.38. The van der Waals surface area contributed by atoms with Crippen LogP contribution < -0.4 is 5.32 Å². The summed E-state index contributed by atoms with van der Waals surface area (Å²) in [7, 11) is 0. The quantitative estimate of drug-likeness (QED) is 0.860. The summed E-state index contributed by atoms with van der Waals surface area (Å²) >= 11 is 0. The summed E-state index contributed by atoms with van der Waals surface area (Å²) in [6, 6.07) is 9.06. The molecule has 1 unspecified atom stereocenters. The van der Waals surface area contributed by atoms with E-state index < -0.39 is 0 Å². The maximum atomic E-state index is 9.41. The third kappa shape index (κ3) is 2.60. The Bertz CT molecular complexity index is 423. The average molecular weight is 247 g/mol. The topological polar surface area (TPSA) is 32.3 Å². The number of benzene rings is 1. The van der Waals surface area contributed by atoms with Gasteiger partial charge in [0.2, 0.25) is 0 Å². The van der Waals surface area contributed by atoms with Crippen LogP contribution in [0.2, 0.25) is 0 Å². The first kappa shape index (κ1) is 13.6. The zero-order valence-corrected chi connectivity index (χ0v) is 12.0. The summed E-state index contributed by atoms with van der Waals surface area (Å²) in [5.74, 6) is 0. The van der Waals surface area contributed by atoms with Crippen LogP contribution >= 0.6 is 0 Å². The summed E-state index contributed by atoms with van der Waals surface area (Å²) < 4.78 is 0. The van der Waals surface area contributed by atoms with Gasteiger partial charge in [-0.15, -0.1) is 0 Å². The lowest BCUT2D eigenvalue weighted by atomic mass is 9.70. The number of fused-ring (bicyclic) bond motifs is 1. The van der Waals surface area contributed by atoms with Crippen LogP contribution in [0.15, 0.2) is 24.3 Å². The summed E-state index contributed by atoms with van der Waals surface area (Å²) in [6.45, 7) is 8.90. The van der Waals surface area contributed by atoms with E-state index in [1.54, 1.807) is 0 Å². The van der Waals surface area contributed by atoms with Crippen LogP contribution in [0.3, 0.4) is 0 Å². The summed E-state index contributed by atoms with van der Waals surface area (Å²) in [5, 5.41) is 13.0. The molecule has 0 aliphatic heterocycles. The molecule has 1 aliphatic rings. The smallest absolute Gasteiger partial charge is 0.0608 e. The van der Waals surface area contributed by atoms with Gasteiger partial charge < -0.3 is 10.4 Å². The molecule has 0 saturated carbocycles. The maximum absolute atomic E-state index is 9.41. The molecule has 0 saturated heterocycles. The van der Waals surface area contributed by atoms with Crippen LogP contribution in [-0.4, -0.2) is 17.3 Å². The molecule has 2 rings (SSSR count). The van der Waals surface area contributed by atoms with Gasteiger partial charge in [0.15, 0.2) is 0 Å². The molecule has 1 aromatic rings. The second-order valence-electron chi connectivity index (χ2n) is 6.75. The molecule has 0 heterocycles. The van der Waals surface area contributed by atoms with Crippen molar-refractivity contribution in [1.82, 2.24) is 5.32 Å². The van der Waals surface area contributed by atoms with E-state index in [2.05, 4.69) is 57.3 Å². The highest BCUT2D eigenvalue weighted by Gasteiger charge is 2.34. The molecule has 1 atom stereocenters. The van der Waals surface area contributed by atoms with Crippen molar-refractivity contribution in [3.63, 3.8) is 0 Å². The van der Waals surface area contributed by atoms with E-state index in [1.165, 1.54) is 17.5 Å². The van der Waals surface area contributed by atoms with Crippen LogP contribution in [0.1, 0.15) is 57.7 Å². The number of rotatable bonds is 3. The van der Waals surface area contributed by atoms with Crippen molar-refractivity contribution >= 4 is 0 Å². The first-order valence-electron chi connectivity index (χ1n) is 6.84. The molecule has 1 aromatic carbocycles. The van der Waals surface area contributed by atoms with E-state index in [-0.39, 0.29) is 17.6 Å². The minimum atomic E-state index is -0.223. The fraction of sp³-hybridized carbons (Fsp3) is 0.625. The molecule has 0 bridgehead atoms. The van der Waals surface area contributed by atoms with Gasteiger partial charge in [0.05, 0.1) is 6.61 Å². The molecule has 0 fully saturated rings.